The molecule has 2 aromatic heterocycles. The molecule has 0 bridgehead atoms. The van der Waals surface area contributed by atoms with Gasteiger partial charge < -0.3 is 0 Å². The Balaban J connectivity index is 0.000000142. The van der Waals surface area contributed by atoms with Crippen molar-refractivity contribution in [2.75, 3.05) is 0 Å². The Morgan fingerprint density at radius 3 is 1.26 bits per heavy atom. The zero-order chi connectivity index (χ0) is 24.0. The number of hydrogen-bond donors (Lipinski definition) is 0. The molecule has 0 saturated heterocycles. The standard InChI is InChI=1S/2C15H12OS/c2*1-9-7-8-13-14(10(9)2)15(16)11-5-3-4-6-12(11)17-13/h2*3-8H,1-2H3. The SMILES string of the molecule is Cc1ccc2sc3ccccc3c(=O)c2c1C.Cc1ccc2sc3ccccc3c(=O)c2c1C. The third-order valence-corrected chi connectivity index (χ3v) is 8.82. The van der Waals surface area contributed by atoms with E-state index in [1.807, 2.05) is 76.2 Å². The predicted octanol–water partition coefficient (Wildman–Crippen LogP) is 8.06. The molecular weight excluding hydrogens is 456 g/mol. The molecule has 0 saturated carbocycles. The predicted molar refractivity (Wildman–Crippen MR) is 150 cm³/mol. The van der Waals surface area contributed by atoms with E-state index in [-0.39, 0.29) is 10.9 Å². The van der Waals surface area contributed by atoms with Crippen molar-refractivity contribution in [3.05, 3.63) is 115 Å². The molecule has 0 aliphatic rings. The van der Waals surface area contributed by atoms with E-state index < -0.39 is 0 Å². The second kappa shape index (κ2) is 8.79. The second-order valence-corrected chi connectivity index (χ2v) is 10.8. The zero-order valence-electron chi connectivity index (χ0n) is 19.6. The molecule has 0 spiro atoms. The zero-order valence-corrected chi connectivity index (χ0v) is 21.2. The van der Waals surface area contributed by atoms with Gasteiger partial charge in [-0.1, -0.05) is 36.4 Å². The summed E-state index contributed by atoms with van der Waals surface area (Å²) in [5.74, 6) is 0. The quantitative estimate of drug-likeness (QED) is 0.206. The van der Waals surface area contributed by atoms with Gasteiger partial charge in [0.25, 0.3) is 0 Å². The van der Waals surface area contributed by atoms with Gasteiger partial charge in [-0.25, -0.2) is 0 Å². The van der Waals surface area contributed by atoms with E-state index in [9.17, 15) is 9.59 Å². The summed E-state index contributed by atoms with van der Waals surface area (Å²) in [6.45, 7) is 8.16. The van der Waals surface area contributed by atoms with Crippen LogP contribution in [0.4, 0.5) is 0 Å². The van der Waals surface area contributed by atoms with Crippen LogP contribution >= 0.6 is 22.7 Å². The van der Waals surface area contributed by atoms with E-state index in [1.54, 1.807) is 22.7 Å². The largest absolute Gasteiger partial charge is 0.288 e. The molecule has 34 heavy (non-hydrogen) atoms. The van der Waals surface area contributed by atoms with E-state index in [4.69, 9.17) is 0 Å². The molecule has 2 nitrogen and oxygen atoms in total. The van der Waals surface area contributed by atoms with Crippen molar-refractivity contribution in [1.82, 2.24) is 0 Å². The summed E-state index contributed by atoms with van der Waals surface area (Å²) in [4.78, 5) is 24.9. The number of fused-ring (bicyclic) bond motifs is 4. The van der Waals surface area contributed by atoms with Crippen LogP contribution < -0.4 is 10.9 Å². The maximum absolute atomic E-state index is 12.5. The lowest BCUT2D eigenvalue weighted by molar-refractivity contribution is 1.38. The van der Waals surface area contributed by atoms with Gasteiger partial charge in [-0.15, -0.1) is 22.7 Å². The van der Waals surface area contributed by atoms with Crippen LogP contribution in [0.5, 0.6) is 0 Å². The highest BCUT2D eigenvalue weighted by Gasteiger charge is 2.10. The van der Waals surface area contributed by atoms with Crippen LogP contribution in [0.3, 0.4) is 0 Å². The first-order valence-corrected chi connectivity index (χ1v) is 12.8. The van der Waals surface area contributed by atoms with Crippen molar-refractivity contribution < 1.29 is 0 Å². The van der Waals surface area contributed by atoms with Gasteiger partial charge in [-0.2, -0.15) is 0 Å². The third kappa shape index (κ3) is 3.73. The minimum atomic E-state index is 0.163. The summed E-state index contributed by atoms with van der Waals surface area (Å²) in [7, 11) is 0. The van der Waals surface area contributed by atoms with Gasteiger partial charge in [0.2, 0.25) is 0 Å². The van der Waals surface area contributed by atoms with Gasteiger partial charge in [0.15, 0.2) is 10.9 Å². The molecule has 0 radical (unpaired) electrons. The Labute approximate surface area is 205 Å². The number of benzene rings is 4. The molecule has 4 aromatic carbocycles. The van der Waals surface area contributed by atoms with Crippen LogP contribution in [0.1, 0.15) is 22.3 Å². The maximum atomic E-state index is 12.5. The Hall–Kier alpha value is -3.34. The smallest absolute Gasteiger partial charge is 0.196 e. The molecule has 0 fully saturated rings. The summed E-state index contributed by atoms with van der Waals surface area (Å²) >= 11 is 3.38. The normalized spacial score (nSPS) is 11.2. The van der Waals surface area contributed by atoms with Crippen molar-refractivity contribution in [2.24, 2.45) is 0 Å². The maximum Gasteiger partial charge on any atom is 0.196 e. The van der Waals surface area contributed by atoms with Crippen molar-refractivity contribution in [3.8, 4) is 0 Å². The summed E-state index contributed by atoms with van der Waals surface area (Å²) < 4.78 is 4.29. The highest BCUT2D eigenvalue weighted by Crippen LogP contribution is 2.28. The Bertz CT molecular complexity index is 1700. The summed E-state index contributed by atoms with van der Waals surface area (Å²) in [6, 6.07) is 23.9. The molecule has 4 heteroatoms. The van der Waals surface area contributed by atoms with Crippen molar-refractivity contribution >= 4 is 63.0 Å². The van der Waals surface area contributed by atoms with Gasteiger partial charge >= 0.3 is 0 Å². The first kappa shape index (κ1) is 22.5. The molecule has 0 unspecified atom stereocenters. The van der Waals surface area contributed by atoms with E-state index >= 15 is 0 Å². The van der Waals surface area contributed by atoms with Crippen molar-refractivity contribution in [2.45, 2.75) is 27.7 Å². The Morgan fingerprint density at radius 2 is 0.853 bits per heavy atom. The third-order valence-electron chi connectivity index (χ3n) is 6.55. The van der Waals surface area contributed by atoms with E-state index in [0.717, 1.165) is 51.5 Å². The number of rotatable bonds is 0. The second-order valence-electron chi connectivity index (χ2n) is 8.62. The molecule has 168 valence electrons. The minimum absolute atomic E-state index is 0.163. The van der Waals surface area contributed by atoms with Crippen LogP contribution in [0.15, 0.2) is 82.4 Å². The van der Waals surface area contributed by atoms with Crippen LogP contribution in [0.2, 0.25) is 0 Å². The molecule has 6 rings (SSSR count). The van der Waals surface area contributed by atoms with Crippen LogP contribution in [-0.2, 0) is 0 Å². The first-order valence-electron chi connectivity index (χ1n) is 11.2. The van der Waals surface area contributed by atoms with E-state index in [0.29, 0.717) is 0 Å². The molecule has 0 N–H and O–H groups in total. The lowest BCUT2D eigenvalue weighted by atomic mass is 10.0. The summed E-state index contributed by atoms with van der Waals surface area (Å²) in [5.41, 5.74) is 4.89. The van der Waals surface area contributed by atoms with E-state index in [1.165, 1.54) is 11.1 Å². The summed E-state index contributed by atoms with van der Waals surface area (Å²) in [5, 5.41) is 3.43. The highest BCUT2D eigenvalue weighted by molar-refractivity contribution is 7.25. The van der Waals surface area contributed by atoms with Gasteiger partial charge in [0.05, 0.1) is 0 Å². The van der Waals surface area contributed by atoms with Crippen LogP contribution in [0.25, 0.3) is 40.3 Å². The van der Waals surface area contributed by atoms with Gasteiger partial charge in [0.1, 0.15) is 0 Å². The molecule has 0 aliphatic carbocycles. The number of hydrogen-bond acceptors (Lipinski definition) is 4. The highest BCUT2D eigenvalue weighted by atomic mass is 32.1. The topological polar surface area (TPSA) is 34.1 Å². The molecule has 0 amide bonds. The fourth-order valence-corrected chi connectivity index (χ4v) is 6.59. The lowest BCUT2D eigenvalue weighted by Crippen LogP contribution is -2.03. The molecule has 6 aromatic rings. The molecule has 0 aliphatic heterocycles. The van der Waals surface area contributed by atoms with Crippen molar-refractivity contribution in [1.29, 1.82) is 0 Å². The van der Waals surface area contributed by atoms with Crippen molar-refractivity contribution in [3.63, 3.8) is 0 Å². The lowest BCUT2D eigenvalue weighted by Gasteiger charge is -2.06. The van der Waals surface area contributed by atoms with Gasteiger partial charge in [0, 0.05) is 40.3 Å². The van der Waals surface area contributed by atoms with Gasteiger partial charge in [-0.3, -0.25) is 9.59 Å². The first-order chi connectivity index (χ1) is 16.4. The Kier molecular flexibility index (Phi) is 5.80. The fraction of sp³-hybridized carbons (Fsp3) is 0.133. The molecular formula is C30H24O2S2. The minimum Gasteiger partial charge on any atom is -0.288 e. The monoisotopic (exact) mass is 480 g/mol. The average Bonchev–Trinajstić information content (AvgIpc) is 2.84. The van der Waals surface area contributed by atoms with Crippen LogP contribution in [-0.4, -0.2) is 0 Å². The van der Waals surface area contributed by atoms with Crippen LogP contribution in [0, 0.1) is 27.7 Å². The van der Waals surface area contributed by atoms with Gasteiger partial charge in [-0.05, 0) is 86.3 Å². The Morgan fingerprint density at radius 1 is 0.471 bits per heavy atom. The number of aryl methyl sites for hydroxylation is 4. The average molecular weight is 481 g/mol. The fourth-order valence-electron chi connectivity index (χ4n) is 4.31. The summed E-state index contributed by atoms with van der Waals surface area (Å²) in [6.07, 6.45) is 0. The molecule has 2 heterocycles. The van der Waals surface area contributed by atoms with E-state index in [2.05, 4.69) is 24.3 Å². The molecule has 0 atom stereocenters.